The van der Waals surface area contributed by atoms with Crippen LogP contribution in [0, 0.1) is 22.2 Å². The predicted octanol–water partition coefficient (Wildman–Crippen LogP) is 3.51. The highest BCUT2D eigenvalue weighted by Gasteiger charge is 2.63. The van der Waals surface area contributed by atoms with Crippen molar-refractivity contribution in [1.82, 2.24) is 0 Å². The van der Waals surface area contributed by atoms with Crippen LogP contribution in [0.1, 0.15) is 67.7 Å². The number of nitrogens with two attached hydrogens (primary N) is 1. The van der Waals surface area contributed by atoms with Crippen LogP contribution in [-0.4, -0.2) is 17.6 Å². The molecule has 0 saturated heterocycles. The molecule has 2 bridgehead atoms. The molecule has 116 valence electrons. The van der Waals surface area contributed by atoms with Crippen LogP contribution in [0.15, 0.2) is 0 Å². The molecule has 0 aromatic heterocycles. The normalized spacial score (nSPS) is 36.2. The van der Waals surface area contributed by atoms with Gasteiger partial charge in [-0.3, -0.25) is 4.79 Å². The minimum Gasteiger partial charge on any atom is -0.461 e. The lowest BCUT2D eigenvalue weighted by molar-refractivity contribution is -0.170. The van der Waals surface area contributed by atoms with Crippen molar-refractivity contribution in [1.29, 1.82) is 0 Å². The van der Waals surface area contributed by atoms with Gasteiger partial charge in [-0.05, 0) is 58.3 Å². The van der Waals surface area contributed by atoms with E-state index in [1.807, 2.05) is 27.7 Å². The van der Waals surface area contributed by atoms with E-state index in [0.717, 1.165) is 12.8 Å². The Morgan fingerprint density at radius 2 is 1.75 bits per heavy atom. The van der Waals surface area contributed by atoms with Crippen molar-refractivity contribution in [3.05, 3.63) is 0 Å². The molecule has 2 aliphatic carbocycles. The second-order valence-corrected chi connectivity index (χ2v) is 8.85. The fraction of sp³-hybridized carbons (Fsp3) is 0.941. The van der Waals surface area contributed by atoms with Gasteiger partial charge in [0.15, 0.2) is 0 Å². The number of rotatable bonds is 3. The summed E-state index contributed by atoms with van der Waals surface area (Å²) in [6.07, 6.45) is 3.49. The Labute approximate surface area is 123 Å². The Morgan fingerprint density at radius 3 is 2.10 bits per heavy atom. The SMILES string of the molecule is CC(C)(N)C(C)(C)C(=O)OC1CC2CCC1(C)C2(C)C. The zero-order chi connectivity index (χ0) is 15.6. The molecular formula is C17H31NO2. The van der Waals surface area contributed by atoms with Gasteiger partial charge in [-0.1, -0.05) is 20.8 Å². The van der Waals surface area contributed by atoms with Crippen molar-refractivity contribution in [2.75, 3.05) is 0 Å². The van der Waals surface area contributed by atoms with Crippen LogP contribution in [0.2, 0.25) is 0 Å². The lowest BCUT2D eigenvalue weighted by atomic mass is 9.69. The maximum Gasteiger partial charge on any atom is 0.313 e. The molecule has 0 aliphatic heterocycles. The molecule has 0 spiro atoms. The summed E-state index contributed by atoms with van der Waals surface area (Å²) in [5, 5.41) is 0. The first-order valence-corrected chi connectivity index (χ1v) is 7.84. The van der Waals surface area contributed by atoms with E-state index in [2.05, 4.69) is 20.8 Å². The Hall–Kier alpha value is -0.570. The summed E-state index contributed by atoms with van der Waals surface area (Å²) < 4.78 is 5.96. The molecule has 3 atom stereocenters. The van der Waals surface area contributed by atoms with Crippen LogP contribution in [-0.2, 0) is 9.53 Å². The highest BCUT2D eigenvalue weighted by atomic mass is 16.5. The topological polar surface area (TPSA) is 52.3 Å². The van der Waals surface area contributed by atoms with Gasteiger partial charge in [-0.15, -0.1) is 0 Å². The first-order chi connectivity index (χ1) is 8.84. The fourth-order valence-electron chi connectivity index (χ4n) is 3.85. The van der Waals surface area contributed by atoms with Gasteiger partial charge in [-0.2, -0.15) is 0 Å². The molecule has 0 aromatic rings. The van der Waals surface area contributed by atoms with Crippen LogP contribution < -0.4 is 5.73 Å². The van der Waals surface area contributed by atoms with Crippen molar-refractivity contribution in [2.45, 2.75) is 79.4 Å². The minimum atomic E-state index is -0.671. The Kier molecular flexibility index (Phi) is 3.34. The van der Waals surface area contributed by atoms with Gasteiger partial charge in [0.1, 0.15) is 6.10 Å². The Morgan fingerprint density at radius 1 is 1.20 bits per heavy atom. The molecule has 20 heavy (non-hydrogen) atoms. The van der Waals surface area contributed by atoms with Gasteiger partial charge in [0.05, 0.1) is 5.41 Å². The molecule has 0 radical (unpaired) electrons. The molecule has 0 heterocycles. The van der Waals surface area contributed by atoms with Gasteiger partial charge < -0.3 is 10.5 Å². The van der Waals surface area contributed by atoms with Gasteiger partial charge in [0.2, 0.25) is 0 Å². The number of hydrogen-bond acceptors (Lipinski definition) is 3. The van der Waals surface area contributed by atoms with Gasteiger partial charge in [0.25, 0.3) is 0 Å². The lowest BCUT2D eigenvalue weighted by Crippen LogP contribution is -2.53. The molecule has 2 saturated carbocycles. The molecule has 2 aliphatic rings. The molecule has 3 unspecified atom stereocenters. The van der Waals surface area contributed by atoms with Gasteiger partial charge in [0, 0.05) is 11.0 Å². The summed E-state index contributed by atoms with van der Waals surface area (Å²) in [6.45, 7) is 14.5. The smallest absolute Gasteiger partial charge is 0.313 e. The van der Waals surface area contributed by atoms with E-state index in [-0.39, 0.29) is 22.9 Å². The van der Waals surface area contributed by atoms with E-state index in [1.54, 1.807) is 0 Å². The first-order valence-electron chi connectivity index (χ1n) is 7.84. The number of hydrogen-bond donors (Lipinski definition) is 1. The number of esters is 1. The van der Waals surface area contributed by atoms with Crippen molar-refractivity contribution < 1.29 is 9.53 Å². The molecule has 2 rings (SSSR count). The summed E-state index contributed by atoms with van der Waals surface area (Å²) in [4.78, 5) is 12.6. The van der Waals surface area contributed by atoms with Crippen molar-refractivity contribution >= 4 is 5.97 Å². The first kappa shape index (κ1) is 15.8. The number of carbonyl (C=O) groups is 1. The molecular weight excluding hydrogens is 250 g/mol. The molecule has 2 fully saturated rings. The van der Waals surface area contributed by atoms with E-state index in [0.29, 0.717) is 5.92 Å². The zero-order valence-electron chi connectivity index (χ0n) is 14.2. The van der Waals surface area contributed by atoms with E-state index in [1.165, 1.54) is 6.42 Å². The number of carbonyl (C=O) groups excluding carboxylic acids is 1. The third kappa shape index (κ3) is 1.93. The van der Waals surface area contributed by atoms with E-state index < -0.39 is 11.0 Å². The third-order valence-electron chi connectivity index (χ3n) is 7.08. The van der Waals surface area contributed by atoms with Gasteiger partial charge in [-0.25, -0.2) is 0 Å². The van der Waals surface area contributed by atoms with Gasteiger partial charge >= 0.3 is 5.97 Å². The van der Waals surface area contributed by atoms with Crippen LogP contribution in [0.3, 0.4) is 0 Å². The molecule has 0 aromatic carbocycles. The molecule has 0 amide bonds. The second kappa shape index (κ2) is 4.22. The van der Waals surface area contributed by atoms with Crippen molar-refractivity contribution in [2.24, 2.45) is 27.9 Å². The summed E-state index contributed by atoms with van der Waals surface area (Å²) in [6, 6.07) is 0. The molecule has 3 heteroatoms. The van der Waals surface area contributed by atoms with Crippen LogP contribution in [0.5, 0.6) is 0 Å². The average Bonchev–Trinajstić information content (AvgIpc) is 2.60. The lowest BCUT2D eigenvalue weighted by Gasteiger charge is -2.41. The highest BCUT2D eigenvalue weighted by Crippen LogP contribution is 2.66. The Balaban J connectivity index is 2.16. The highest BCUT2D eigenvalue weighted by molar-refractivity contribution is 5.78. The fourth-order valence-corrected chi connectivity index (χ4v) is 3.85. The number of ether oxygens (including phenoxy) is 1. The zero-order valence-corrected chi connectivity index (χ0v) is 14.2. The number of fused-ring (bicyclic) bond motifs is 2. The maximum atomic E-state index is 12.6. The summed E-state index contributed by atoms with van der Waals surface area (Å²) >= 11 is 0. The Bertz CT molecular complexity index is 419. The summed E-state index contributed by atoms with van der Waals surface area (Å²) in [5.41, 5.74) is 5.27. The van der Waals surface area contributed by atoms with E-state index in [9.17, 15) is 4.79 Å². The van der Waals surface area contributed by atoms with Crippen LogP contribution in [0.25, 0.3) is 0 Å². The van der Waals surface area contributed by atoms with Crippen molar-refractivity contribution in [3.63, 3.8) is 0 Å². The largest absolute Gasteiger partial charge is 0.461 e. The van der Waals surface area contributed by atoms with Crippen LogP contribution in [0.4, 0.5) is 0 Å². The third-order valence-corrected chi connectivity index (χ3v) is 7.08. The monoisotopic (exact) mass is 281 g/mol. The summed E-state index contributed by atoms with van der Waals surface area (Å²) in [5.74, 6) is 0.527. The standard InChI is InChI=1S/C17H31NO2/c1-14(2)11-8-9-17(14,7)12(10-11)20-13(19)15(3,4)16(5,6)18/h11-12H,8-10,18H2,1-7H3. The van der Waals surface area contributed by atoms with E-state index >= 15 is 0 Å². The van der Waals surface area contributed by atoms with Crippen LogP contribution >= 0.6 is 0 Å². The van der Waals surface area contributed by atoms with E-state index in [4.69, 9.17) is 10.5 Å². The predicted molar refractivity (Wildman–Crippen MR) is 81.2 cm³/mol. The summed E-state index contributed by atoms with van der Waals surface area (Å²) in [7, 11) is 0. The molecule has 3 nitrogen and oxygen atoms in total. The molecule has 2 N–H and O–H groups in total. The average molecular weight is 281 g/mol. The second-order valence-electron chi connectivity index (χ2n) is 8.85. The minimum absolute atomic E-state index is 0.0466. The maximum absolute atomic E-state index is 12.6. The quantitative estimate of drug-likeness (QED) is 0.805. The van der Waals surface area contributed by atoms with Crippen molar-refractivity contribution in [3.8, 4) is 0 Å².